The van der Waals surface area contributed by atoms with Gasteiger partial charge in [-0.05, 0) is 55.8 Å². The molecule has 8 heteroatoms. The second-order valence-electron chi connectivity index (χ2n) is 6.16. The van der Waals surface area contributed by atoms with Crippen LogP contribution in [0.2, 0.25) is 0 Å². The van der Waals surface area contributed by atoms with E-state index >= 15 is 0 Å². The van der Waals surface area contributed by atoms with E-state index in [0.29, 0.717) is 11.4 Å². The maximum atomic E-state index is 13.4. The highest BCUT2D eigenvalue weighted by Crippen LogP contribution is 2.27. The molecule has 2 heterocycles. The highest BCUT2D eigenvalue weighted by molar-refractivity contribution is 9.10. The fraction of sp³-hybridized carbons (Fsp3) is 0.200. The number of pyridine rings is 1. The lowest BCUT2D eigenvalue weighted by Gasteiger charge is -2.29. The first kappa shape index (κ1) is 19.8. The summed E-state index contributed by atoms with van der Waals surface area (Å²) in [6.07, 6.45) is 4.97. The van der Waals surface area contributed by atoms with Crippen LogP contribution in [-0.2, 0) is 9.53 Å². The molecular weight excluding hydrogens is 424 g/mol. The highest BCUT2D eigenvalue weighted by atomic mass is 79.9. The largest absolute Gasteiger partial charge is 0.467 e. The number of methoxy groups -OCH3 is 1. The Morgan fingerprint density at radius 3 is 2.64 bits per heavy atom. The molecule has 0 fully saturated rings. The minimum absolute atomic E-state index is 0.200. The van der Waals surface area contributed by atoms with E-state index in [0.717, 1.165) is 10.0 Å². The van der Waals surface area contributed by atoms with Gasteiger partial charge in [0.2, 0.25) is 0 Å². The Bertz CT molecular complexity index is 1000. The summed E-state index contributed by atoms with van der Waals surface area (Å²) in [4.78, 5) is 31.2. The van der Waals surface area contributed by atoms with Crippen LogP contribution in [-0.4, -0.2) is 39.8 Å². The Hall–Kier alpha value is -3.00. The average molecular weight is 443 g/mol. The van der Waals surface area contributed by atoms with Crippen molar-refractivity contribution in [1.29, 1.82) is 0 Å². The number of aryl methyl sites for hydroxylation is 1. The van der Waals surface area contributed by atoms with Gasteiger partial charge in [-0.1, -0.05) is 15.9 Å². The van der Waals surface area contributed by atoms with Crippen LogP contribution in [0, 0.1) is 6.92 Å². The van der Waals surface area contributed by atoms with E-state index in [1.807, 2.05) is 19.1 Å². The Morgan fingerprint density at radius 2 is 2.00 bits per heavy atom. The number of nitrogens with zero attached hydrogens (tertiary/aromatic N) is 4. The van der Waals surface area contributed by atoms with E-state index in [1.54, 1.807) is 54.5 Å². The number of rotatable bonds is 5. The molecule has 0 radical (unpaired) electrons. The smallest absolute Gasteiger partial charge is 0.328 e. The van der Waals surface area contributed by atoms with Crippen molar-refractivity contribution in [2.24, 2.45) is 0 Å². The first-order chi connectivity index (χ1) is 13.4. The van der Waals surface area contributed by atoms with Gasteiger partial charge in [0, 0.05) is 28.8 Å². The van der Waals surface area contributed by atoms with Crippen molar-refractivity contribution in [3.8, 4) is 5.69 Å². The van der Waals surface area contributed by atoms with Crippen LogP contribution in [0.4, 0.5) is 5.69 Å². The number of carbonyl (C=O) groups excluding carboxylic acids is 2. The van der Waals surface area contributed by atoms with Crippen LogP contribution in [0.25, 0.3) is 5.69 Å². The zero-order chi connectivity index (χ0) is 20.3. The van der Waals surface area contributed by atoms with Gasteiger partial charge in [-0.3, -0.25) is 14.7 Å². The number of aromatic nitrogens is 3. The monoisotopic (exact) mass is 442 g/mol. The molecule has 1 aromatic carbocycles. The number of ether oxygens (including phenoxy) is 1. The van der Waals surface area contributed by atoms with Gasteiger partial charge < -0.3 is 4.74 Å². The lowest BCUT2D eigenvalue weighted by molar-refractivity contribution is -0.141. The van der Waals surface area contributed by atoms with Crippen molar-refractivity contribution in [3.63, 3.8) is 0 Å². The average Bonchev–Trinajstić information content (AvgIpc) is 3.24. The Morgan fingerprint density at radius 1 is 1.21 bits per heavy atom. The summed E-state index contributed by atoms with van der Waals surface area (Å²) in [5, 5.41) is 4.18. The maximum Gasteiger partial charge on any atom is 0.328 e. The van der Waals surface area contributed by atoms with E-state index < -0.39 is 17.9 Å². The van der Waals surface area contributed by atoms with Crippen LogP contribution in [0.3, 0.4) is 0 Å². The van der Waals surface area contributed by atoms with Crippen LogP contribution in [0.15, 0.2) is 59.5 Å². The molecule has 0 saturated heterocycles. The van der Waals surface area contributed by atoms with Crippen LogP contribution in [0.5, 0.6) is 0 Å². The lowest BCUT2D eigenvalue weighted by atomic mass is 10.1. The number of halogens is 1. The fourth-order valence-corrected chi connectivity index (χ4v) is 3.36. The van der Waals surface area contributed by atoms with Crippen molar-refractivity contribution in [2.45, 2.75) is 19.9 Å². The summed E-state index contributed by atoms with van der Waals surface area (Å²) < 4.78 is 7.39. The molecule has 144 valence electrons. The Kier molecular flexibility index (Phi) is 5.89. The predicted octanol–water partition coefficient (Wildman–Crippen LogP) is 3.55. The van der Waals surface area contributed by atoms with Gasteiger partial charge in [0.1, 0.15) is 11.7 Å². The van der Waals surface area contributed by atoms with Crippen molar-refractivity contribution in [1.82, 2.24) is 14.8 Å². The summed E-state index contributed by atoms with van der Waals surface area (Å²) in [6.45, 7) is 3.50. The van der Waals surface area contributed by atoms with Crippen molar-refractivity contribution in [2.75, 3.05) is 12.0 Å². The summed E-state index contributed by atoms with van der Waals surface area (Å²) in [5.41, 5.74) is 2.34. The number of anilines is 1. The molecule has 7 nitrogen and oxygen atoms in total. The zero-order valence-electron chi connectivity index (χ0n) is 15.7. The van der Waals surface area contributed by atoms with Gasteiger partial charge in [0.25, 0.3) is 5.91 Å². The van der Waals surface area contributed by atoms with Gasteiger partial charge in [-0.2, -0.15) is 5.10 Å². The van der Waals surface area contributed by atoms with Gasteiger partial charge >= 0.3 is 5.97 Å². The molecule has 1 amide bonds. The molecule has 28 heavy (non-hydrogen) atoms. The van der Waals surface area contributed by atoms with Gasteiger partial charge in [-0.25, -0.2) is 9.48 Å². The van der Waals surface area contributed by atoms with Crippen LogP contribution < -0.4 is 4.90 Å². The Labute approximate surface area is 171 Å². The normalized spacial score (nSPS) is 11.7. The molecule has 1 atom stereocenters. The van der Waals surface area contributed by atoms with Gasteiger partial charge in [0.05, 0.1) is 12.8 Å². The summed E-state index contributed by atoms with van der Waals surface area (Å²) in [5.74, 6) is -0.920. The van der Waals surface area contributed by atoms with Crippen LogP contribution >= 0.6 is 15.9 Å². The van der Waals surface area contributed by atoms with Gasteiger partial charge in [-0.15, -0.1) is 0 Å². The number of amides is 1. The van der Waals surface area contributed by atoms with Crippen molar-refractivity contribution >= 4 is 33.5 Å². The quantitative estimate of drug-likeness (QED) is 0.564. The van der Waals surface area contributed by atoms with Crippen molar-refractivity contribution < 1.29 is 14.3 Å². The minimum atomic E-state index is -0.826. The standard InChI is InChI=1S/C20H19BrN4O3/c1-13-11-15(21)5-6-18(13)25(14(2)20(27)28-3)19(26)17-12-16(7-9-22-17)24-10-4-8-23-24/h4-12,14H,1-3H3/t14-/m0/s1. The highest BCUT2D eigenvalue weighted by Gasteiger charge is 2.31. The molecule has 0 spiro atoms. The topological polar surface area (TPSA) is 77.3 Å². The number of esters is 1. The van der Waals surface area contributed by atoms with E-state index in [4.69, 9.17) is 4.74 Å². The van der Waals surface area contributed by atoms with Gasteiger partial charge in [0.15, 0.2) is 0 Å². The maximum absolute atomic E-state index is 13.4. The second kappa shape index (κ2) is 8.35. The number of hydrogen-bond donors (Lipinski definition) is 0. The van der Waals surface area contributed by atoms with E-state index in [9.17, 15) is 9.59 Å². The third-order valence-electron chi connectivity index (χ3n) is 4.30. The molecule has 0 unspecified atom stereocenters. The summed E-state index contributed by atoms with van der Waals surface area (Å²) in [7, 11) is 1.30. The van der Waals surface area contributed by atoms with E-state index in [1.165, 1.54) is 12.0 Å². The minimum Gasteiger partial charge on any atom is -0.467 e. The molecule has 2 aromatic heterocycles. The third-order valence-corrected chi connectivity index (χ3v) is 4.79. The fourth-order valence-electron chi connectivity index (χ4n) is 2.88. The Balaban J connectivity index is 2.06. The molecule has 3 rings (SSSR count). The molecule has 0 saturated carbocycles. The zero-order valence-corrected chi connectivity index (χ0v) is 17.3. The summed E-state index contributed by atoms with van der Waals surface area (Å²) >= 11 is 3.42. The molecule has 0 bridgehead atoms. The van der Waals surface area contributed by atoms with Crippen molar-refractivity contribution in [3.05, 3.63) is 70.7 Å². The molecule has 0 aliphatic heterocycles. The molecular formula is C20H19BrN4O3. The second-order valence-corrected chi connectivity index (χ2v) is 7.07. The van der Waals surface area contributed by atoms with E-state index in [-0.39, 0.29) is 5.69 Å². The van der Waals surface area contributed by atoms with E-state index in [2.05, 4.69) is 26.0 Å². The molecule has 3 aromatic rings. The summed E-state index contributed by atoms with van der Waals surface area (Å²) in [6, 6.07) is 9.84. The first-order valence-corrected chi connectivity index (χ1v) is 9.35. The molecule has 0 aliphatic carbocycles. The van der Waals surface area contributed by atoms with Crippen LogP contribution in [0.1, 0.15) is 23.0 Å². The first-order valence-electron chi connectivity index (χ1n) is 8.56. The lowest BCUT2D eigenvalue weighted by Crippen LogP contribution is -2.44. The molecule has 0 aliphatic rings. The third kappa shape index (κ3) is 3.96. The molecule has 0 N–H and O–H groups in total. The number of benzene rings is 1. The number of carbonyl (C=O) groups is 2. The predicted molar refractivity (Wildman–Crippen MR) is 109 cm³/mol. The number of hydrogen-bond acceptors (Lipinski definition) is 5. The SMILES string of the molecule is COC(=O)[C@H](C)N(C(=O)c1cc(-n2cccn2)ccn1)c1ccc(Br)cc1C.